The Kier molecular flexibility index (Phi) is 4.78. The van der Waals surface area contributed by atoms with Gasteiger partial charge in [-0.2, -0.15) is 0 Å². The van der Waals surface area contributed by atoms with Gasteiger partial charge in [0.15, 0.2) is 17.2 Å². The van der Waals surface area contributed by atoms with Gasteiger partial charge in [0.2, 0.25) is 0 Å². The number of carbonyl (C=O) groups is 2. The van der Waals surface area contributed by atoms with E-state index in [4.69, 9.17) is 15.2 Å². The number of rotatable bonds is 4. The van der Waals surface area contributed by atoms with Crippen LogP contribution in [-0.2, 0) is 16.1 Å². The molecular weight excluding hydrogens is 346 g/mol. The largest absolute Gasteiger partial charge is 0.474 e. The minimum Gasteiger partial charge on any atom is -0.474 e. The second-order valence-electron chi connectivity index (χ2n) is 7.22. The van der Waals surface area contributed by atoms with Gasteiger partial charge < -0.3 is 15.2 Å². The molecule has 142 valence electrons. The zero-order chi connectivity index (χ0) is 19.8. The number of nitrogens with zero attached hydrogens (tertiary/aromatic N) is 2. The molecule has 1 aliphatic rings. The van der Waals surface area contributed by atoms with E-state index in [1.54, 1.807) is 58.0 Å². The molecule has 1 aliphatic heterocycles. The first-order valence-corrected chi connectivity index (χ1v) is 8.75. The van der Waals surface area contributed by atoms with Gasteiger partial charge in [-0.05, 0) is 57.5 Å². The van der Waals surface area contributed by atoms with Gasteiger partial charge in [0.25, 0.3) is 5.91 Å². The third-order valence-electron chi connectivity index (χ3n) is 4.09. The van der Waals surface area contributed by atoms with E-state index < -0.39 is 11.6 Å². The number of benzene rings is 1. The van der Waals surface area contributed by atoms with E-state index in [1.807, 2.05) is 6.07 Å². The third kappa shape index (κ3) is 3.86. The van der Waals surface area contributed by atoms with Crippen LogP contribution in [0.25, 0.3) is 0 Å². The first kappa shape index (κ1) is 18.7. The summed E-state index contributed by atoms with van der Waals surface area (Å²) >= 11 is 0. The Bertz CT molecular complexity index is 893. The lowest BCUT2D eigenvalue weighted by Crippen LogP contribution is -2.52. The predicted octanol–water partition coefficient (Wildman–Crippen LogP) is 2.93. The van der Waals surface area contributed by atoms with E-state index in [0.717, 1.165) is 5.56 Å². The van der Waals surface area contributed by atoms with E-state index in [0.29, 0.717) is 22.9 Å². The number of hydrogen-bond acceptors (Lipinski definition) is 6. The topological polar surface area (TPSA) is 94.8 Å². The molecule has 0 unspecified atom stereocenters. The number of fused-ring (bicyclic) bond motifs is 1. The summed E-state index contributed by atoms with van der Waals surface area (Å²) in [6.07, 6.45) is -0.207. The SMILES string of the molecule is CC(C)OC(=O)c1cccc(CN2C(=O)C(C)(C)Oc3ccc(N)nc32)c1. The highest BCUT2D eigenvalue weighted by atomic mass is 16.5. The molecule has 27 heavy (non-hydrogen) atoms. The van der Waals surface area contributed by atoms with Crippen LogP contribution >= 0.6 is 0 Å². The molecule has 0 atom stereocenters. The lowest BCUT2D eigenvalue weighted by Gasteiger charge is -2.38. The predicted molar refractivity (Wildman–Crippen MR) is 102 cm³/mol. The van der Waals surface area contributed by atoms with Crippen molar-refractivity contribution in [3.05, 3.63) is 47.5 Å². The van der Waals surface area contributed by atoms with Gasteiger partial charge in [0.05, 0.1) is 18.2 Å². The van der Waals surface area contributed by atoms with Crippen molar-refractivity contribution in [2.75, 3.05) is 10.6 Å². The van der Waals surface area contributed by atoms with Gasteiger partial charge >= 0.3 is 5.97 Å². The lowest BCUT2D eigenvalue weighted by atomic mass is 10.0. The van der Waals surface area contributed by atoms with Crippen molar-refractivity contribution in [3.63, 3.8) is 0 Å². The first-order chi connectivity index (χ1) is 12.7. The maximum Gasteiger partial charge on any atom is 0.338 e. The average Bonchev–Trinajstić information content (AvgIpc) is 2.59. The van der Waals surface area contributed by atoms with E-state index in [2.05, 4.69) is 4.98 Å². The number of amides is 1. The Balaban J connectivity index is 1.94. The standard InChI is InChI=1S/C20H23N3O4/c1-12(2)26-18(24)14-7-5-6-13(10-14)11-23-17-15(8-9-16(21)22-17)27-20(3,4)19(23)25/h5-10,12H,11H2,1-4H3,(H2,21,22). The van der Waals surface area contributed by atoms with Crippen molar-refractivity contribution in [2.45, 2.75) is 45.9 Å². The van der Waals surface area contributed by atoms with Crippen LogP contribution in [0.5, 0.6) is 5.75 Å². The molecule has 1 aromatic heterocycles. The van der Waals surface area contributed by atoms with Crippen molar-refractivity contribution >= 4 is 23.5 Å². The Hall–Kier alpha value is -3.09. The highest BCUT2D eigenvalue weighted by molar-refractivity contribution is 6.01. The molecule has 2 aromatic rings. The van der Waals surface area contributed by atoms with E-state index >= 15 is 0 Å². The number of ether oxygens (including phenoxy) is 2. The molecule has 2 N–H and O–H groups in total. The molecule has 0 saturated carbocycles. The summed E-state index contributed by atoms with van der Waals surface area (Å²) in [5, 5.41) is 0. The van der Waals surface area contributed by atoms with Crippen LogP contribution < -0.4 is 15.4 Å². The van der Waals surface area contributed by atoms with Crippen LogP contribution in [0.2, 0.25) is 0 Å². The van der Waals surface area contributed by atoms with E-state index in [1.165, 1.54) is 4.90 Å². The zero-order valence-corrected chi connectivity index (χ0v) is 15.9. The smallest absolute Gasteiger partial charge is 0.338 e. The summed E-state index contributed by atoms with van der Waals surface area (Å²) in [5.74, 6) is 0.522. The molecule has 0 spiro atoms. The minimum absolute atomic E-state index is 0.207. The van der Waals surface area contributed by atoms with Gasteiger partial charge in [-0.15, -0.1) is 0 Å². The quantitative estimate of drug-likeness (QED) is 0.833. The Morgan fingerprint density at radius 1 is 1.30 bits per heavy atom. The van der Waals surface area contributed by atoms with Crippen molar-refractivity contribution in [3.8, 4) is 5.75 Å². The minimum atomic E-state index is -1.03. The van der Waals surface area contributed by atoms with E-state index in [9.17, 15) is 9.59 Å². The monoisotopic (exact) mass is 369 g/mol. The van der Waals surface area contributed by atoms with Crippen LogP contribution in [0.15, 0.2) is 36.4 Å². The molecule has 0 fully saturated rings. The molecule has 0 bridgehead atoms. The molecule has 0 saturated heterocycles. The summed E-state index contributed by atoms with van der Waals surface area (Å²) in [4.78, 5) is 30.9. The maximum absolute atomic E-state index is 12.9. The molecule has 3 rings (SSSR count). The highest BCUT2D eigenvalue weighted by Gasteiger charge is 2.41. The second kappa shape index (κ2) is 6.90. The number of pyridine rings is 1. The normalized spacial score (nSPS) is 15.3. The number of aromatic nitrogens is 1. The van der Waals surface area contributed by atoms with Crippen LogP contribution in [0.3, 0.4) is 0 Å². The molecule has 7 heteroatoms. The van der Waals surface area contributed by atoms with Crippen molar-refractivity contribution in [2.24, 2.45) is 0 Å². The number of carbonyl (C=O) groups excluding carboxylic acids is 2. The molecule has 0 radical (unpaired) electrons. The highest BCUT2D eigenvalue weighted by Crippen LogP contribution is 2.37. The fourth-order valence-electron chi connectivity index (χ4n) is 2.87. The van der Waals surface area contributed by atoms with Crippen molar-refractivity contribution < 1.29 is 19.1 Å². The molecule has 1 amide bonds. The molecule has 2 heterocycles. The third-order valence-corrected chi connectivity index (χ3v) is 4.09. The van der Waals surface area contributed by atoms with Crippen LogP contribution in [-0.4, -0.2) is 28.6 Å². The molecule has 0 aliphatic carbocycles. The summed E-state index contributed by atoms with van der Waals surface area (Å²) in [5.41, 5.74) is 5.97. The van der Waals surface area contributed by atoms with Gasteiger partial charge in [-0.1, -0.05) is 12.1 Å². The van der Waals surface area contributed by atoms with Gasteiger partial charge in [-0.3, -0.25) is 9.69 Å². The number of nitrogens with two attached hydrogens (primary N) is 1. The molecule has 1 aromatic carbocycles. The zero-order valence-electron chi connectivity index (χ0n) is 15.9. The lowest BCUT2D eigenvalue weighted by molar-refractivity contribution is -0.132. The van der Waals surface area contributed by atoms with E-state index in [-0.39, 0.29) is 18.6 Å². The fraction of sp³-hybridized carbons (Fsp3) is 0.350. The number of esters is 1. The van der Waals surface area contributed by atoms with Crippen LogP contribution in [0, 0.1) is 0 Å². The summed E-state index contributed by atoms with van der Waals surface area (Å²) < 4.78 is 11.0. The number of hydrogen-bond donors (Lipinski definition) is 1. The Morgan fingerprint density at radius 2 is 2.04 bits per heavy atom. The second-order valence-corrected chi connectivity index (χ2v) is 7.22. The van der Waals surface area contributed by atoms with Gasteiger partial charge in [-0.25, -0.2) is 9.78 Å². The van der Waals surface area contributed by atoms with Crippen molar-refractivity contribution in [1.82, 2.24) is 4.98 Å². The summed E-state index contributed by atoms with van der Waals surface area (Å²) in [7, 11) is 0. The summed E-state index contributed by atoms with van der Waals surface area (Å²) in [6, 6.07) is 10.3. The van der Waals surface area contributed by atoms with Crippen LogP contribution in [0.4, 0.5) is 11.6 Å². The Morgan fingerprint density at radius 3 is 2.74 bits per heavy atom. The van der Waals surface area contributed by atoms with Gasteiger partial charge in [0.1, 0.15) is 5.82 Å². The number of nitrogen functional groups attached to an aromatic ring is 1. The molecule has 7 nitrogen and oxygen atoms in total. The maximum atomic E-state index is 12.9. The number of anilines is 2. The molecular formula is C20H23N3O4. The first-order valence-electron chi connectivity index (χ1n) is 8.75. The van der Waals surface area contributed by atoms with Crippen molar-refractivity contribution in [1.29, 1.82) is 0 Å². The Labute approximate surface area is 158 Å². The average molecular weight is 369 g/mol. The fourth-order valence-corrected chi connectivity index (χ4v) is 2.87. The van der Waals surface area contributed by atoms with Gasteiger partial charge in [0, 0.05) is 0 Å². The summed E-state index contributed by atoms with van der Waals surface area (Å²) in [6.45, 7) is 7.24. The van der Waals surface area contributed by atoms with Crippen LogP contribution in [0.1, 0.15) is 43.6 Å².